The van der Waals surface area contributed by atoms with Gasteiger partial charge in [-0.15, -0.1) is 11.3 Å². The molecule has 1 aromatic carbocycles. The molecule has 0 saturated heterocycles. The number of pyridine rings is 1. The van der Waals surface area contributed by atoms with Gasteiger partial charge in [0.25, 0.3) is 0 Å². The molecule has 2 heterocycles. The second kappa shape index (κ2) is 5.82. The van der Waals surface area contributed by atoms with Crippen LogP contribution in [0, 0.1) is 11.3 Å². The number of hydrogen-bond acceptors (Lipinski definition) is 4. The van der Waals surface area contributed by atoms with Crippen LogP contribution < -0.4 is 0 Å². The quantitative estimate of drug-likeness (QED) is 0.680. The summed E-state index contributed by atoms with van der Waals surface area (Å²) < 4.78 is 39.2. The van der Waals surface area contributed by atoms with Crippen LogP contribution in [0.15, 0.2) is 48.1 Å². The highest BCUT2D eigenvalue weighted by Crippen LogP contribution is 2.38. The van der Waals surface area contributed by atoms with E-state index in [4.69, 9.17) is 5.26 Å². The standard InChI is InChI=1S/C16H8F3N3S/c17-16(18,19)13-4-5-21-8-12(13)15-22-14(9-23-15)11-3-1-2-10(6-11)7-20/h1-6,8-9H. The van der Waals surface area contributed by atoms with Crippen LogP contribution in [0.25, 0.3) is 21.8 Å². The van der Waals surface area contributed by atoms with Gasteiger partial charge in [0, 0.05) is 28.9 Å². The zero-order valence-electron chi connectivity index (χ0n) is 11.5. The summed E-state index contributed by atoms with van der Waals surface area (Å²) in [6, 6.07) is 9.72. The van der Waals surface area contributed by atoms with Crippen molar-refractivity contribution in [3.63, 3.8) is 0 Å². The summed E-state index contributed by atoms with van der Waals surface area (Å²) in [5.41, 5.74) is 0.865. The summed E-state index contributed by atoms with van der Waals surface area (Å²) in [6.45, 7) is 0. The summed E-state index contributed by atoms with van der Waals surface area (Å²) >= 11 is 1.11. The Morgan fingerprint density at radius 1 is 1.17 bits per heavy atom. The molecule has 0 amide bonds. The van der Waals surface area contributed by atoms with Crippen LogP contribution in [-0.2, 0) is 6.18 Å². The molecular weight excluding hydrogens is 323 g/mol. The van der Waals surface area contributed by atoms with Gasteiger partial charge in [0.15, 0.2) is 0 Å². The predicted octanol–water partition coefficient (Wildman–Crippen LogP) is 4.76. The van der Waals surface area contributed by atoms with Crippen molar-refractivity contribution in [3.05, 3.63) is 59.2 Å². The van der Waals surface area contributed by atoms with Crippen molar-refractivity contribution in [2.24, 2.45) is 0 Å². The summed E-state index contributed by atoms with van der Waals surface area (Å²) in [7, 11) is 0. The molecule has 0 aliphatic carbocycles. The number of nitrogens with zero attached hydrogens (tertiary/aromatic N) is 3. The highest BCUT2D eigenvalue weighted by molar-refractivity contribution is 7.13. The molecule has 3 rings (SSSR count). The van der Waals surface area contributed by atoms with Gasteiger partial charge in [0.2, 0.25) is 0 Å². The monoisotopic (exact) mass is 331 g/mol. The molecule has 3 nitrogen and oxygen atoms in total. The van der Waals surface area contributed by atoms with Crippen LogP contribution in [0.4, 0.5) is 13.2 Å². The fourth-order valence-corrected chi connectivity index (χ4v) is 2.94. The molecule has 7 heteroatoms. The molecule has 3 aromatic rings. The van der Waals surface area contributed by atoms with Crippen LogP contribution in [0.1, 0.15) is 11.1 Å². The second-order valence-electron chi connectivity index (χ2n) is 4.65. The molecular formula is C16H8F3N3S. The van der Waals surface area contributed by atoms with Crippen LogP contribution in [-0.4, -0.2) is 9.97 Å². The lowest BCUT2D eigenvalue weighted by Gasteiger charge is -2.09. The van der Waals surface area contributed by atoms with Crippen LogP contribution in [0.2, 0.25) is 0 Å². The maximum Gasteiger partial charge on any atom is 0.417 e. The van der Waals surface area contributed by atoms with Gasteiger partial charge in [-0.2, -0.15) is 18.4 Å². The number of thiazole rings is 1. The van der Waals surface area contributed by atoms with Crippen molar-refractivity contribution in [2.75, 3.05) is 0 Å². The maximum absolute atomic E-state index is 13.1. The van der Waals surface area contributed by atoms with E-state index < -0.39 is 11.7 Å². The third-order valence-corrected chi connectivity index (χ3v) is 4.02. The van der Waals surface area contributed by atoms with E-state index in [1.165, 1.54) is 0 Å². The van der Waals surface area contributed by atoms with Gasteiger partial charge in [-0.3, -0.25) is 4.98 Å². The van der Waals surface area contributed by atoms with E-state index in [0.717, 1.165) is 29.8 Å². The molecule has 0 saturated carbocycles. The molecule has 23 heavy (non-hydrogen) atoms. The molecule has 0 unspecified atom stereocenters. The Kier molecular flexibility index (Phi) is 3.84. The Hall–Kier alpha value is -2.72. The minimum atomic E-state index is -4.47. The average molecular weight is 331 g/mol. The second-order valence-corrected chi connectivity index (χ2v) is 5.51. The molecule has 0 aliphatic heterocycles. The first-order chi connectivity index (χ1) is 11.0. The Balaban J connectivity index is 2.05. The minimum absolute atomic E-state index is 0.0484. The SMILES string of the molecule is N#Cc1cccc(-c2csc(-c3cnccc3C(F)(F)F)n2)c1. The van der Waals surface area contributed by atoms with E-state index in [-0.39, 0.29) is 10.6 Å². The van der Waals surface area contributed by atoms with Crippen molar-refractivity contribution in [1.29, 1.82) is 5.26 Å². The fraction of sp³-hybridized carbons (Fsp3) is 0.0625. The van der Waals surface area contributed by atoms with E-state index in [1.54, 1.807) is 29.6 Å². The van der Waals surface area contributed by atoms with Crippen molar-refractivity contribution >= 4 is 11.3 Å². The van der Waals surface area contributed by atoms with Crippen molar-refractivity contribution < 1.29 is 13.2 Å². The first kappa shape index (κ1) is 15.2. The van der Waals surface area contributed by atoms with Crippen molar-refractivity contribution in [2.45, 2.75) is 6.18 Å². The number of halogens is 3. The fourth-order valence-electron chi connectivity index (χ4n) is 2.09. The zero-order valence-corrected chi connectivity index (χ0v) is 12.3. The number of rotatable bonds is 2. The Bertz CT molecular complexity index is 894. The van der Waals surface area contributed by atoms with Crippen LogP contribution in [0.3, 0.4) is 0 Å². The number of nitriles is 1. The zero-order chi connectivity index (χ0) is 16.4. The molecule has 0 aliphatic rings. The summed E-state index contributed by atoms with van der Waals surface area (Å²) in [5, 5.41) is 10.8. The van der Waals surface area contributed by atoms with Gasteiger partial charge in [-0.25, -0.2) is 4.98 Å². The molecule has 0 bridgehead atoms. The molecule has 0 radical (unpaired) electrons. The molecule has 0 spiro atoms. The molecule has 2 aromatic heterocycles. The third kappa shape index (κ3) is 3.07. The Morgan fingerprint density at radius 3 is 2.74 bits per heavy atom. The van der Waals surface area contributed by atoms with Gasteiger partial charge < -0.3 is 0 Å². The van der Waals surface area contributed by atoms with Gasteiger partial charge in [-0.1, -0.05) is 12.1 Å². The summed E-state index contributed by atoms with van der Waals surface area (Å²) in [6.07, 6.45) is -2.20. The van der Waals surface area contributed by atoms with E-state index in [2.05, 4.69) is 9.97 Å². The highest BCUT2D eigenvalue weighted by Gasteiger charge is 2.34. The van der Waals surface area contributed by atoms with Gasteiger partial charge in [0.05, 0.1) is 22.9 Å². The van der Waals surface area contributed by atoms with Crippen LogP contribution in [0.5, 0.6) is 0 Å². The lowest BCUT2D eigenvalue weighted by atomic mass is 10.1. The van der Waals surface area contributed by atoms with E-state index >= 15 is 0 Å². The van der Waals surface area contributed by atoms with E-state index in [9.17, 15) is 13.2 Å². The predicted molar refractivity (Wildman–Crippen MR) is 80.5 cm³/mol. The number of alkyl halides is 3. The normalized spacial score (nSPS) is 11.2. The lowest BCUT2D eigenvalue weighted by molar-refractivity contribution is -0.137. The van der Waals surface area contributed by atoms with Crippen molar-refractivity contribution in [1.82, 2.24) is 9.97 Å². The molecule has 114 valence electrons. The minimum Gasteiger partial charge on any atom is -0.264 e. The summed E-state index contributed by atoms with van der Waals surface area (Å²) in [5.74, 6) is 0. The van der Waals surface area contributed by atoms with E-state index in [0.29, 0.717) is 16.8 Å². The Morgan fingerprint density at radius 2 is 2.00 bits per heavy atom. The highest BCUT2D eigenvalue weighted by atomic mass is 32.1. The molecule has 0 atom stereocenters. The topological polar surface area (TPSA) is 49.6 Å². The van der Waals surface area contributed by atoms with Gasteiger partial charge in [0.1, 0.15) is 5.01 Å². The first-order valence-electron chi connectivity index (χ1n) is 6.46. The molecule has 0 N–H and O–H groups in total. The third-order valence-electron chi connectivity index (χ3n) is 3.15. The first-order valence-corrected chi connectivity index (χ1v) is 7.34. The van der Waals surface area contributed by atoms with Gasteiger partial charge >= 0.3 is 6.18 Å². The average Bonchev–Trinajstić information content (AvgIpc) is 3.04. The number of hydrogen-bond donors (Lipinski definition) is 0. The Labute approximate surface area is 133 Å². The molecule has 0 fully saturated rings. The van der Waals surface area contributed by atoms with E-state index in [1.807, 2.05) is 6.07 Å². The van der Waals surface area contributed by atoms with Crippen molar-refractivity contribution in [3.8, 4) is 27.9 Å². The maximum atomic E-state index is 13.1. The van der Waals surface area contributed by atoms with Crippen LogP contribution >= 0.6 is 11.3 Å². The smallest absolute Gasteiger partial charge is 0.264 e. The number of benzene rings is 1. The lowest BCUT2D eigenvalue weighted by Crippen LogP contribution is -2.07. The van der Waals surface area contributed by atoms with Gasteiger partial charge in [-0.05, 0) is 18.2 Å². The largest absolute Gasteiger partial charge is 0.417 e. The number of aromatic nitrogens is 2. The summed E-state index contributed by atoms with van der Waals surface area (Å²) in [4.78, 5) is 8.04.